The first kappa shape index (κ1) is 12.1. The molecule has 2 heteroatoms. The molecule has 0 spiro atoms. The van der Waals surface area contributed by atoms with Gasteiger partial charge in [0, 0.05) is 12.5 Å². The molecule has 2 aliphatic rings. The van der Waals surface area contributed by atoms with E-state index < -0.39 is 0 Å². The van der Waals surface area contributed by atoms with Gasteiger partial charge in [0.1, 0.15) is 5.78 Å². The van der Waals surface area contributed by atoms with Crippen LogP contribution in [0.3, 0.4) is 0 Å². The minimum Gasteiger partial charge on any atom is -0.304 e. The highest BCUT2D eigenvalue weighted by molar-refractivity contribution is 5.84. The Morgan fingerprint density at radius 3 is 2.69 bits per heavy atom. The maximum absolute atomic E-state index is 12.0. The molecule has 0 radical (unpaired) electrons. The van der Waals surface area contributed by atoms with Crippen LogP contribution in [0.2, 0.25) is 0 Å². The summed E-state index contributed by atoms with van der Waals surface area (Å²) in [7, 11) is 0. The van der Waals surface area contributed by atoms with Crippen LogP contribution >= 0.6 is 0 Å². The summed E-state index contributed by atoms with van der Waals surface area (Å²) in [4.78, 5) is 12.0. The number of Topliss-reactive ketones (excluding diaryl/α,β-unsaturated/α-hetero) is 1. The van der Waals surface area contributed by atoms with Gasteiger partial charge in [0.25, 0.3) is 0 Å². The van der Waals surface area contributed by atoms with Crippen LogP contribution in [0.1, 0.15) is 58.8 Å². The van der Waals surface area contributed by atoms with Crippen LogP contribution in [0, 0.1) is 11.8 Å². The van der Waals surface area contributed by atoms with Crippen LogP contribution in [0.4, 0.5) is 0 Å². The fourth-order valence-electron chi connectivity index (χ4n) is 3.29. The molecule has 0 bridgehead atoms. The predicted octanol–water partition coefficient (Wildman–Crippen LogP) is 2.91. The van der Waals surface area contributed by atoms with E-state index in [-0.39, 0.29) is 6.04 Å². The molecular weight excluding hydrogens is 198 g/mol. The normalized spacial score (nSPS) is 34.8. The van der Waals surface area contributed by atoms with Crippen LogP contribution in [-0.4, -0.2) is 17.9 Å². The molecule has 1 N–H and O–H groups in total. The van der Waals surface area contributed by atoms with Crippen molar-refractivity contribution in [3.8, 4) is 0 Å². The van der Waals surface area contributed by atoms with Crippen molar-refractivity contribution < 1.29 is 4.79 Å². The molecule has 1 aliphatic heterocycles. The lowest BCUT2D eigenvalue weighted by Gasteiger charge is -2.40. The summed E-state index contributed by atoms with van der Waals surface area (Å²) in [6, 6.07) is 0.811. The molecule has 1 aliphatic carbocycles. The standard InChI is InChI=1S/C14H25NO/c1-10(2)9-14(16)13-8-7-11-5-3-4-6-12(11)15-13/h10-13,15H,3-9H2,1-2H3. The van der Waals surface area contributed by atoms with Crippen molar-refractivity contribution in [2.75, 3.05) is 0 Å². The third kappa shape index (κ3) is 2.85. The van der Waals surface area contributed by atoms with Crippen LogP contribution in [0.25, 0.3) is 0 Å². The van der Waals surface area contributed by atoms with E-state index in [1.165, 1.54) is 32.1 Å². The first-order chi connectivity index (χ1) is 7.66. The number of fused-ring (bicyclic) bond motifs is 1. The van der Waals surface area contributed by atoms with E-state index in [1.807, 2.05) is 0 Å². The summed E-state index contributed by atoms with van der Waals surface area (Å²) < 4.78 is 0. The molecule has 16 heavy (non-hydrogen) atoms. The van der Waals surface area contributed by atoms with Gasteiger partial charge in [-0.3, -0.25) is 4.79 Å². The van der Waals surface area contributed by atoms with Crippen molar-refractivity contribution in [2.24, 2.45) is 11.8 Å². The summed E-state index contributed by atoms with van der Waals surface area (Å²) in [5.41, 5.74) is 0. The fraction of sp³-hybridized carbons (Fsp3) is 0.929. The minimum absolute atomic E-state index is 0.168. The average Bonchev–Trinajstić information content (AvgIpc) is 2.27. The summed E-state index contributed by atoms with van der Waals surface area (Å²) in [6.07, 6.45) is 8.50. The Bertz CT molecular complexity index is 249. The molecule has 3 atom stereocenters. The number of rotatable bonds is 3. The Balaban J connectivity index is 1.87. The molecule has 0 aromatic rings. The summed E-state index contributed by atoms with van der Waals surface area (Å²) in [5.74, 6) is 1.80. The van der Waals surface area contributed by atoms with E-state index in [4.69, 9.17) is 0 Å². The van der Waals surface area contributed by atoms with E-state index >= 15 is 0 Å². The Morgan fingerprint density at radius 2 is 1.94 bits per heavy atom. The summed E-state index contributed by atoms with van der Waals surface area (Å²) in [5, 5.41) is 3.61. The van der Waals surface area contributed by atoms with Crippen LogP contribution in [0.15, 0.2) is 0 Å². The second kappa shape index (κ2) is 5.31. The number of carbonyl (C=O) groups excluding carboxylic acids is 1. The van der Waals surface area contributed by atoms with Gasteiger partial charge < -0.3 is 5.32 Å². The van der Waals surface area contributed by atoms with Gasteiger partial charge in [0.15, 0.2) is 0 Å². The van der Waals surface area contributed by atoms with Crippen molar-refractivity contribution in [3.63, 3.8) is 0 Å². The Hall–Kier alpha value is -0.370. The van der Waals surface area contributed by atoms with Gasteiger partial charge in [-0.2, -0.15) is 0 Å². The van der Waals surface area contributed by atoms with E-state index in [9.17, 15) is 4.79 Å². The van der Waals surface area contributed by atoms with E-state index in [0.717, 1.165) is 18.8 Å². The highest BCUT2D eigenvalue weighted by Crippen LogP contribution is 2.32. The molecule has 3 unspecified atom stereocenters. The number of hydrogen-bond donors (Lipinski definition) is 1. The van der Waals surface area contributed by atoms with Crippen LogP contribution < -0.4 is 5.32 Å². The van der Waals surface area contributed by atoms with Crippen molar-refractivity contribution in [1.82, 2.24) is 5.32 Å². The van der Waals surface area contributed by atoms with E-state index in [2.05, 4.69) is 19.2 Å². The molecule has 1 saturated carbocycles. The Labute approximate surface area is 99.2 Å². The van der Waals surface area contributed by atoms with Gasteiger partial charge >= 0.3 is 0 Å². The van der Waals surface area contributed by atoms with Gasteiger partial charge in [-0.05, 0) is 37.5 Å². The maximum Gasteiger partial charge on any atom is 0.150 e. The molecule has 2 rings (SSSR count). The van der Waals surface area contributed by atoms with Crippen molar-refractivity contribution in [1.29, 1.82) is 0 Å². The lowest BCUT2D eigenvalue weighted by molar-refractivity contribution is -0.123. The maximum atomic E-state index is 12.0. The second-order valence-electron chi connectivity index (χ2n) is 6.01. The summed E-state index contributed by atoms with van der Waals surface area (Å²) >= 11 is 0. The van der Waals surface area contributed by atoms with Crippen LogP contribution in [-0.2, 0) is 4.79 Å². The van der Waals surface area contributed by atoms with E-state index in [1.54, 1.807) is 0 Å². The molecule has 0 aromatic heterocycles. The first-order valence-electron chi connectivity index (χ1n) is 6.95. The average molecular weight is 223 g/mol. The quantitative estimate of drug-likeness (QED) is 0.797. The second-order valence-corrected chi connectivity index (χ2v) is 6.01. The molecule has 0 aromatic carbocycles. The molecule has 1 heterocycles. The molecule has 2 nitrogen and oxygen atoms in total. The summed E-state index contributed by atoms with van der Waals surface area (Å²) in [6.45, 7) is 4.26. The van der Waals surface area contributed by atoms with Crippen molar-refractivity contribution in [2.45, 2.75) is 70.9 Å². The van der Waals surface area contributed by atoms with Gasteiger partial charge in [-0.15, -0.1) is 0 Å². The largest absolute Gasteiger partial charge is 0.304 e. The lowest BCUT2D eigenvalue weighted by atomic mass is 9.77. The highest BCUT2D eigenvalue weighted by Gasteiger charge is 2.34. The number of hydrogen-bond acceptors (Lipinski definition) is 2. The topological polar surface area (TPSA) is 29.1 Å². The van der Waals surface area contributed by atoms with Gasteiger partial charge in [0.05, 0.1) is 6.04 Å². The van der Waals surface area contributed by atoms with Gasteiger partial charge in [0.2, 0.25) is 0 Å². The number of ketones is 1. The van der Waals surface area contributed by atoms with Gasteiger partial charge in [-0.1, -0.05) is 26.7 Å². The third-order valence-corrected chi connectivity index (χ3v) is 4.15. The highest BCUT2D eigenvalue weighted by atomic mass is 16.1. The molecule has 0 amide bonds. The predicted molar refractivity (Wildman–Crippen MR) is 66.4 cm³/mol. The van der Waals surface area contributed by atoms with Crippen molar-refractivity contribution >= 4 is 5.78 Å². The minimum atomic E-state index is 0.168. The zero-order chi connectivity index (χ0) is 11.5. The lowest BCUT2D eigenvalue weighted by Crippen LogP contribution is -2.52. The first-order valence-corrected chi connectivity index (χ1v) is 6.95. The monoisotopic (exact) mass is 223 g/mol. The Kier molecular flexibility index (Phi) is 4.01. The fourth-order valence-corrected chi connectivity index (χ4v) is 3.29. The smallest absolute Gasteiger partial charge is 0.150 e. The molecular formula is C14H25NO. The SMILES string of the molecule is CC(C)CC(=O)C1CCC2CCCCC2N1. The molecule has 92 valence electrons. The zero-order valence-electron chi connectivity index (χ0n) is 10.7. The number of carbonyl (C=O) groups is 1. The third-order valence-electron chi connectivity index (χ3n) is 4.15. The number of nitrogens with one attached hydrogen (secondary N) is 1. The molecule has 1 saturated heterocycles. The van der Waals surface area contributed by atoms with Crippen LogP contribution in [0.5, 0.6) is 0 Å². The van der Waals surface area contributed by atoms with Gasteiger partial charge in [-0.25, -0.2) is 0 Å². The van der Waals surface area contributed by atoms with E-state index in [0.29, 0.717) is 17.7 Å². The molecule has 2 fully saturated rings. The zero-order valence-corrected chi connectivity index (χ0v) is 10.7. The Morgan fingerprint density at radius 1 is 1.19 bits per heavy atom. The number of piperidine rings is 1. The van der Waals surface area contributed by atoms with Crippen molar-refractivity contribution in [3.05, 3.63) is 0 Å².